The van der Waals surface area contributed by atoms with Crippen LogP contribution >= 0.6 is 11.6 Å². The molecule has 0 saturated carbocycles. The first-order valence-corrected chi connectivity index (χ1v) is 7.29. The van der Waals surface area contributed by atoms with Crippen LogP contribution in [0.4, 0.5) is 0 Å². The molecular formula is C15H22ClNO. The topological polar surface area (TPSA) is 21.3 Å². The molecule has 0 saturated heterocycles. The molecule has 0 spiro atoms. The first kappa shape index (κ1) is 13.7. The molecule has 0 aliphatic carbocycles. The Morgan fingerprint density at radius 2 is 2.28 bits per heavy atom. The fourth-order valence-corrected chi connectivity index (χ4v) is 2.42. The maximum Gasteiger partial charge on any atom is 0.122 e. The molecule has 1 heterocycles. The first-order valence-electron chi connectivity index (χ1n) is 6.85. The average Bonchev–Trinajstić information content (AvgIpc) is 2.80. The fourth-order valence-electron chi connectivity index (χ4n) is 2.26. The lowest BCUT2D eigenvalue weighted by atomic mass is 10.1. The Labute approximate surface area is 115 Å². The molecule has 1 unspecified atom stereocenters. The predicted octanol–water partition coefficient (Wildman–Crippen LogP) is 3.16. The molecule has 0 fully saturated rings. The summed E-state index contributed by atoms with van der Waals surface area (Å²) in [5, 5.41) is 3.76. The Bertz CT molecular complexity index is 379. The summed E-state index contributed by atoms with van der Waals surface area (Å²) >= 11 is 5.90. The van der Waals surface area contributed by atoms with Crippen LogP contribution in [0.2, 0.25) is 0 Å². The zero-order chi connectivity index (χ0) is 12.8. The molecule has 1 aliphatic heterocycles. The van der Waals surface area contributed by atoms with Gasteiger partial charge in [0, 0.05) is 11.8 Å². The number of fused-ring (bicyclic) bond motifs is 1. The van der Waals surface area contributed by atoms with Gasteiger partial charge in [-0.05, 0) is 56.5 Å². The fraction of sp³-hybridized carbons (Fsp3) is 0.600. The van der Waals surface area contributed by atoms with Crippen molar-refractivity contribution in [1.29, 1.82) is 0 Å². The maximum absolute atomic E-state index is 5.90. The van der Waals surface area contributed by atoms with Gasteiger partial charge in [0.2, 0.25) is 0 Å². The van der Waals surface area contributed by atoms with Gasteiger partial charge in [0.1, 0.15) is 5.75 Å². The van der Waals surface area contributed by atoms with E-state index in [4.69, 9.17) is 16.3 Å². The Morgan fingerprint density at radius 3 is 3.11 bits per heavy atom. The van der Waals surface area contributed by atoms with E-state index in [0.717, 1.165) is 51.1 Å². The van der Waals surface area contributed by atoms with Gasteiger partial charge in [-0.15, -0.1) is 11.6 Å². The smallest absolute Gasteiger partial charge is 0.122 e. The molecule has 100 valence electrons. The minimum absolute atomic E-state index is 0.295. The number of alkyl halides is 1. The summed E-state index contributed by atoms with van der Waals surface area (Å²) in [6.07, 6.45) is 4.39. The van der Waals surface area contributed by atoms with Gasteiger partial charge in [-0.3, -0.25) is 0 Å². The monoisotopic (exact) mass is 267 g/mol. The summed E-state index contributed by atoms with van der Waals surface area (Å²) < 4.78 is 5.51. The number of halogens is 1. The minimum atomic E-state index is 0.295. The molecule has 0 amide bonds. The van der Waals surface area contributed by atoms with Gasteiger partial charge >= 0.3 is 0 Å². The zero-order valence-corrected chi connectivity index (χ0v) is 11.8. The van der Waals surface area contributed by atoms with Crippen molar-refractivity contribution in [3.63, 3.8) is 0 Å². The van der Waals surface area contributed by atoms with Crippen molar-refractivity contribution in [2.24, 2.45) is 0 Å². The van der Waals surface area contributed by atoms with E-state index in [1.54, 1.807) is 0 Å². The van der Waals surface area contributed by atoms with Crippen molar-refractivity contribution in [3.8, 4) is 5.75 Å². The largest absolute Gasteiger partial charge is 0.493 e. The van der Waals surface area contributed by atoms with Crippen LogP contribution < -0.4 is 10.1 Å². The molecule has 18 heavy (non-hydrogen) atoms. The lowest BCUT2D eigenvalue weighted by molar-refractivity contribution is 0.357. The highest BCUT2D eigenvalue weighted by atomic mass is 35.5. The lowest BCUT2D eigenvalue weighted by Crippen LogP contribution is -2.19. The predicted molar refractivity (Wildman–Crippen MR) is 76.8 cm³/mol. The number of rotatable bonds is 7. The molecule has 1 atom stereocenters. The SMILES string of the molecule is CC(Cl)CCCNCCc1ccc2c(c1)CCO2. The van der Waals surface area contributed by atoms with E-state index in [2.05, 4.69) is 23.5 Å². The first-order chi connectivity index (χ1) is 8.75. The van der Waals surface area contributed by atoms with E-state index >= 15 is 0 Å². The van der Waals surface area contributed by atoms with Gasteiger partial charge in [0.25, 0.3) is 0 Å². The molecule has 2 nitrogen and oxygen atoms in total. The van der Waals surface area contributed by atoms with Gasteiger partial charge in [0.15, 0.2) is 0 Å². The van der Waals surface area contributed by atoms with Gasteiger partial charge in [-0.25, -0.2) is 0 Å². The van der Waals surface area contributed by atoms with Crippen molar-refractivity contribution in [1.82, 2.24) is 5.32 Å². The van der Waals surface area contributed by atoms with Gasteiger partial charge in [-0.1, -0.05) is 12.1 Å². The Kier molecular flexibility index (Phi) is 5.33. The third kappa shape index (κ3) is 4.18. The van der Waals surface area contributed by atoms with E-state index in [1.807, 2.05) is 6.92 Å². The second kappa shape index (κ2) is 7.01. The lowest BCUT2D eigenvalue weighted by Gasteiger charge is -2.07. The van der Waals surface area contributed by atoms with Crippen LogP contribution in [-0.2, 0) is 12.8 Å². The number of benzene rings is 1. The van der Waals surface area contributed by atoms with E-state index in [1.165, 1.54) is 11.1 Å². The van der Waals surface area contributed by atoms with Crippen molar-refractivity contribution in [2.45, 2.75) is 38.0 Å². The minimum Gasteiger partial charge on any atom is -0.493 e. The normalized spacial score (nSPS) is 15.2. The molecular weight excluding hydrogens is 246 g/mol. The van der Waals surface area contributed by atoms with E-state index in [9.17, 15) is 0 Å². The van der Waals surface area contributed by atoms with Crippen molar-refractivity contribution >= 4 is 11.6 Å². The summed E-state index contributed by atoms with van der Waals surface area (Å²) in [5.41, 5.74) is 2.76. The quantitative estimate of drug-likeness (QED) is 0.605. The van der Waals surface area contributed by atoms with E-state index in [-0.39, 0.29) is 0 Å². The highest BCUT2D eigenvalue weighted by Gasteiger charge is 2.11. The number of hydrogen-bond donors (Lipinski definition) is 1. The Hall–Kier alpha value is -0.730. The summed E-state index contributed by atoms with van der Waals surface area (Å²) in [4.78, 5) is 0. The van der Waals surface area contributed by atoms with Crippen LogP contribution in [0.5, 0.6) is 5.75 Å². The molecule has 1 aromatic carbocycles. The summed E-state index contributed by atoms with van der Waals surface area (Å²) in [7, 11) is 0. The zero-order valence-electron chi connectivity index (χ0n) is 11.0. The average molecular weight is 268 g/mol. The number of ether oxygens (including phenoxy) is 1. The van der Waals surface area contributed by atoms with Crippen LogP contribution in [0.25, 0.3) is 0 Å². The van der Waals surface area contributed by atoms with Crippen LogP contribution in [0.15, 0.2) is 18.2 Å². The van der Waals surface area contributed by atoms with Gasteiger partial charge in [0.05, 0.1) is 6.61 Å². The van der Waals surface area contributed by atoms with Crippen LogP contribution in [0.3, 0.4) is 0 Å². The van der Waals surface area contributed by atoms with Gasteiger partial charge < -0.3 is 10.1 Å². The van der Waals surface area contributed by atoms with E-state index < -0.39 is 0 Å². The number of hydrogen-bond acceptors (Lipinski definition) is 2. The molecule has 1 N–H and O–H groups in total. The van der Waals surface area contributed by atoms with E-state index in [0.29, 0.717) is 5.38 Å². The maximum atomic E-state index is 5.90. The Balaban J connectivity index is 1.65. The molecule has 0 bridgehead atoms. The second-order valence-corrected chi connectivity index (χ2v) is 5.71. The van der Waals surface area contributed by atoms with Crippen LogP contribution in [-0.4, -0.2) is 25.1 Å². The summed E-state index contributed by atoms with van der Waals surface area (Å²) in [6, 6.07) is 6.56. The molecule has 2 rings (SSSR count). The van der Waals surface area contributed by atoms with Crippen LogP contribution in [0, 0.1) is 0 Å². The standard InChI is InChI=1S/C15H22ClNO/c1-12(16)3-2-8-17-9-6-13-4-5-15-14(11-13)7-10-18-15/h4-5,11-12,17H,2-3,6-10H2,1H3. The third-order valence-electron chi connectivity index (χ3n) is 3.30. The molecule has 1 aromatic rings. The third-order valence-corrected chi connectivity index (χ3v) is 3.52. The summed E-state index contributed by atoms with van der Waals surface area (Å²) in [5.74, 6) is 1.07. The van der Waals surface area contributed by atoms with Crippen LogP contribution in [0.1, 0.15) is 30.9 Å². The van der Waals surface area contributed by atoms with Crippen molar-refractivity contribution in [3.05, 3.63) is 29.3 Å². The summed E-state index contributed by atoms with van der Waals surface area (Å²) in [6.45, 7) is 4.99. The van der Waals surface area contributed by atoms with Gasteiger partial charge in [-0.2, -0.15) is 0 Å². The molecule has 0 aromatic heterocycles. The van der Waals surface area contributed by atoms with Crippen molar-refractivity contribution in [2.75, 3.05) is 19.7 Å². The molecule has 1 aliphatic rings. The second-order valence-electron chi connectivity index (χ2n) is 4.96. The highest BCUT2D eigenvalue weighted by Crippen LogP contribution is 2.25. The molecule has 3 heteroatoms. The Morgan fingerprint density at radius 1 is 1.39 bits per heavy atom. The highest BCUT2D eigenvalue weighted by molar-refractivity contribution is 6.20. The molecule has 0 radical (unpaired) electrons. The number of nitrogens with one attached hydrogen (secondary N) is 1. The van der Waals surface area contributed by atoms with Crippen molar-refractivity contribution < 1.29 is 4.74 Å².